The Balaban J connectivity index is 2.32. The third-order valence-electron chi connectivity index (χ3n) is 2.99. The Hall–Kier alpha value is -1.28. The van der Waals surface area contributed by atoms with Crippen LogP contribution in [0, 0.1) is 0 Å². The summed E-state index contributed by atoms with van der Waals surface area (Å²) < 4.78 is 25.2. The average molecular weight is 287 g/mol. The van der Waals surface area contributed by atoms with Crippen LogP contribution in [0.15, 0.2) is 4.90 Å². The molecule has 0 atom stereocenters. The molecule has 0 spiro atoms. The van der Waals surface area contributed by atoms with E-state index in [1.807, 2.05) is 19.0 Å². The summed E-state index contributed by atoms with van der Waals surface area (Å²) in [5.41, 5.74) is 5.94. The van der Waals surface area contributed by atoms with Crippen molar-refractivity contribution in [2.24, 2.45) is 0 Å². The fourth-order valence-electron chi connectivity index (χ4n) is 1.80. The Bertz CT molecular complexity index is 560. The minimum Gasteiger partial charge on any atom is -0.383 e. The van der Waals surface area contributed by atoms with Crippen LogP contribution in [0.25, 0.3) is 0 Å². The number of anilines is 2. The van der Waals surface area contributed by atoms with E-state index >= 15 is 0 Å². The number of rotatable bonds is 6. The van der Waals surface area contributed by atoms with Crippen molar-refractivity contribution in [3.05, 3.63) is 0 Å². The molecule has 0 saturated heterocycles. The van der Waals surface area contributed by atoms with Crippen LogP contribution in [0.5, 0.6) is 0 Å². The largest absolute Gasteiger partial charge is 0.383 e. The van der Waals surface area contributed by atoms with E-state index in [1.54, 1.807) is 4.68 Å². The first-order valence-electron chi connectivity index (χ1n) is 6.26. The van der Waals surface area contributed by atoms with Crippen molar-refractivity contribution in [1.29, 1.82) is 0 Å². The van der Waals surface area contributed by atoms with Crippen LogP contribution < -0.4 is 11.1 Å². The molecule has 0 aliphatic heterocycles. The maximum absolute atomic E-state index is 11.8. The van der Waals surface area contributed by atoms with E-state index in [-0.39, 0.29) is 10.7 Å². The van der Waals surface area contributed by atoms with Crippen LogP contribution in [0.1, 0.15) is 12.8 Å². The van der Waals surface area contributed by atoms with Gasteiger partial charge in [0.2, 0.25) is 0 Å². The lowest BCUT2D eigenvalue weighted by Gasteiger charge is -2.10. The van der Waals surface area contributed by atoms with Gasteiger partial charge in [-0.3, -0.25) is 0 Å². The molecule has 1 saturated carbocycles. The molecule has 7 nitrogen and oxygen atoms in total. The fraction of sp³-hybridized carbons (Fsp3) is 0.727. The molecule has 0 amide bonds. The average Bonchev–Trinajstić information content (AvgIpc) is 2.99. The van der Waals surface area contributed by atoms with Crippen LogP contribution in [-0.2, 0) is 16.4 Å². The molecule has 0 radical (unpaired) electrons. The normalized spacial score (nSPS) is 16.0. The van der Waals surface area contributed by atoms with E-state index in [0.29, 0.717) is 18.4 Å². The number of nitrogen functional groups attached to an aromatic ring is 1. The SMILES string of the molecule is CN(C)CCn1nc(NC2CC2)c(S(C)(=O)=O)c1N. The molecule has 0 aromatic carbocycles. The lowest BCUT2D eigenvalue weighted by atomic mass is 10.5. The summed E-state index contributed by atoms with van der Waals surface area (Å²) in [6.07, 6.45) is 3.26. The zero-order valence-electron chi connectivity index (χ0n) is 11.5. The number of nitrogens with zero attached hydrogens (tertiary/aromatic N) is 3. The van der Waals surface area contributed by atoms with Crippen molar-refractivity contribution in [2.75, 3.05) is 37.9 Å². The Labute approximate surface area is 113 Å². The van der Waals surface area contributed by atoms with Gasteiger partial charge in [-0.05, 0) is 26.9 Å². The molecule has 0 bridgehead atoms. The number of nitrogens with one attached hydrogen (secondary N) is 1. The number of hydrogen-bond acceptors (Lipinski definition) is 6. The van der Waals surface area contributed by atoms with Gasteiger partial charge in [0.1, 0.15) is 5.82 Å². The molecule has 19 heavy (non-hydrogen) atoms. The molecule has 2 rings (SSSR count). The third kappa shape index (κ3) is 3.38. The number of likely N-dealkylation sites (N-methyl/N-ethyl adjacent to an activating group) is 1. The smallest absolute Gasteiger partial charge is 0.182 e. The molecule has 3 N–H and O–H groups in total. The fourth-order valence-corrected chi connectivity index (χ4v) is 2.74. The maximum atomic E-state index is 11.8. The van der Waals surface area contributed by atoms with Crippen LogP contribution in [0.3, 0.4) is 0 Å². The van der Waals surface area contributed by atoms with Gasteiger partial charge in [-0.2, -0.15) is 5.10 Å². The highest BCUT2D eigenvalue weighted by Crippen LogP contribution is 2.31. The van der Waals surface area contributed by atoms with Crippen LogP contribution in [-0.4, -0.2) is 56.0 Å². The van der Waals surface area contributed by atoms with Crippen LogP contribution in [0.4, 0.5) is 11.6 Å². The van der Waals surface area contributed by atoms with Crippen molar-refractivity contribution in [1.82, 2.24) is 14.7 Å². The quantitative estimate of drug-likeness (QED) is 0.765. The first-order chi connectivity index (χ1) is 8.79. The van der Waals surface area contributed by atoms with Gasteiger partial charge in [0.05, 0.1) is 6.54 Å². The van der Waals surface area contributed by atoms with Crippen molar-refractivity contribution < 1.29 is 8.42 Å². The second kappa shape index (κ2) is 5.01. The lowest BCUT2D eigenvalue weighted by molar-refractivity contribution is 0.375. The minimum absolute atomic E-state index is 0.123. The zero-order valence-corrected chi connectivity index (χ0v) is 12.4. The Kier molecular flexibility index (Phi) is 3.73. The van der Waals surface area contributed by atoms with Gasteiger partial charge in [0.15, 0.2) is 20.6 Å². The summed E-state index contributed by atoms with van der Waals surface area (Å²) in [4.78, 5) is 2.12. The Morgan fingerprint density at radius 3 is 2.58 bits per heavy atom. The number of sulfone groups is 1. The Morgan fingerprint density at radius 2 is 2.11 bits per heavy atom. The number of hydrogen-bond donors (Lipinski definition) is 2. The number of aromatic nitrogens is 2. The monoisotopic (exact) mass is 287 g/mol. The molecule has 108 valence electrons. The van der Waals surface area contributed by atoms with E-state index < -0.39 is 9.84 Å². The molecular formula is C11H21N5O2S. The van der Waals surface area contributed by atoms with Gasteiger partial charge in [0.25, 0.3) is 0 Å². The maximum Gasteiger partial charge on any atom is 0.182 e. The van der Waals surface area contributed by atoms with Crippen LogP contribution in [0.2, 0.25) is 0 Å². The molecule has 1 aliphatic carbocycles. The summed E-state index contributed by atoms with van der Waals surface area (Å²) in [5, 5.41) is 7.44. The van der Waals surface area contributed by atoms with E-state index in [9.17, 15) is 8.42 Å². The van der Waals surface area contributed by atoms with E-state index in [0.717, 1.165) is 25.6 Å². The van der Waals surface area contributed by atoms with Crippen molar-refractivity contribution in [3.63, 3.8) is 0 Å². The highest BCUT2D eigenvalue weighted by Gasteiger charge is 2.29. The van der Waals surface area contributed by atoms with E-state index in [4.69, 9.17) is 5.73 Å². The summed E-state index contributed by atoms with van der Waals surface area (Å²) in [5.74, 6) is 0.605. The predicted molar refractivity (Wildman–Crippen MR) is 74.9 cm³/mol. The molecule has 1 heterocycles. The highest BCUT2D eigenvalue weighted by atomic mass is 32.2. The van der Waals surface area contributed by atoms with Crippen molar-refractivity contribution in [2.45, 2.75) is 30.3 Å². The molecule has 1 aromatic rings. The summed E-state index contributed by atoms with van der Waals surface area (Å²) >= 11 is 0. The van der Waals surface area contributed by atoms with Crippen molar-refractivity contribution >= 4 is 21.5 Å². The first-order valence-corrected chi connectivity index (χ1v) is 8.16. The topological polar surface area (TPSA) is 93.2 Å². The van der Waals surface area contributed by atoms with Gasteiger partial charge in [-0.25, -0.2) is 13.1 Å². The van der Waals surface area contributed by atoms with Gasteiger partial charge in [-0.15, -0.1) is 0 Å². The molecule has 8 heteroatoms. The first kappa shape index (κ1) is 14.1. The third-order valence-corrected chi connectivity index (χ3v) is 4.14. The van der Waals surface area contributed by atoms with E-state index in [1.165, 1.54) is 0 Å². The van der Waals surface area contributed by atoms with Gasteiger partial charge < -0.3 is 16.0 Å². The van der Waals surface area contributed by atoms with Crippen LogP contribution >= 0.6 is 0 Å². The highest BCUT2D eigenvalue weighted by molar-refractivity contribution is 7.91. The standard InChI is InChI=1S/C11H21N5O2S/c1-15(2)6-7-16-10(12)9(19(3,17)18)11(14-16)13-8-4-5-8/h8H,4-7,12H2,1-3H3,(H,13,14). The van der Waals surface area contributed by atoms with Gasteiger partial charge >= 0.3 is 0 Å². The summed E-state index contributed by atoms with van der Waals surface area (Å²) in [7, 11) is 0.506. The predicted octanol–water partition coefficient (Wildman–Crippen LogP) is 0.00470. The lowest BCUT2D eigenvalue weighted by Crippen LogP contribution is -2.20. The summed E-state index contributed by atoms with van der Waals surface area (Å²) in [6, 6.07) is 0.331. The second-order valence-corrected chi connectivity index (χ2v) is 7.23. The van der Waals surface area contributed by atoms with Gasteiger partial charge in [0, 0.05) is 18.8 Å². The molecule has 0 unspecified atom stereocenters. The number of nitrogens with two attached hydrogens (primary N) is 1. The molecule has 1 aromatic heterocycles. The van der Waals surface area contributed by atoms with Crippen molar-refractivity contribution in [3.8, 4) is 0 Å². The minimum atomic E-state index is -3.38. The Morgan fingerprint density at radius 1 is 1.47 bits per heavy atom. The van der Waals surface area contributed by atoms with Gasteiger partial charge in [-0.1, -0.05) is 0 Å². The second-order valence-electron chi connectivity index (χ2n) is 5.28. The van der Waals surface area contributed by atoms with E-state index in [2.05, 4.69) is 10.4 Å². The molecule has 1 aliphatic rings. The molecule has 1 fully saturated rings. The zero-order chi connectivity index (χ0) is 14.2. The molecular weight excluding hydrogens is 266 g/mol. The summed E-state index contributed by atoms with van der Waals surface area (Å²) in [6.45, 7) is 1.31.